The lowest BCUT2D eigenvalue weighted by Crippen LogP contribution is -2.53. The maximum Gasteiger partial charge on any atom is 0.411 e. The van der Waals surface area contributed by atoms with Crippen molar-refractivity contribution in [2.24, 2.45) is 5.41 Å². The molecule has 1 heterocycles. The number of ether oxygens (including phenoxy) is 2. The molecule has 0 N–H and O–H groups in total. The van der Waals surface area contributed by atoms with Crippen molar-refractivity contribution in [3.05, 3.63) is 0 Å². The van der Waals surface area contributed by atoms with Crippen LogP contribution in [0.3, 0.4) is 0 Å². The topological polar surface area (TPSA) is 55.8 Å². The molecule has 0 aromatic carbocycles. The Bertz CT molecular complexity index is 357. The van der Waals surface area contributed by atoms with Crippen LogP contribution in [-0.2, 0) is 14.3 Å². The minimum absolute atomic E-state index is 0.0252. The van der Waals surface area contributed by atoms with Crippen molar-refractivity contribution in [2.75, 3.05) is 13.7 Å². The molecule has 0 spiro atoms. The van der Waals surface area contributed by atoms with E-state index in [0.717, 1.165) is 6.42 Å². The average Bonchev–Trinajstić information content (AvgIpc) is 2.24. The van der Waals surface area contributed by atoms with Gasteiger partial charge in [-0.2, -0.15) is 0 Å². The predicted octanol–water partition coefficient (Wildman–Crippen LogP) is 2.59. The van der Waals surface area contributed by atoms with E-state index in [1.165, 1.54) is 12.0 Å². The maximum absolute atomic E-state index is 12.2. The molecule has 0 bridgehead atoms. The molecule has 0 aromatic rings. The summed E-state index contributed by atoms with van der Waals surface area (Å²) < 4.78 is 10.2. The molecule has 1 saturated heterocycles. The SMILES string of the molecule is COC(=O)[C@@H]1CC(C)(C)CCN1C(=O)OC(C)(C)C. The predicted molar refractivity (Wildman–Crippen MR) is 71.8 cm³/mol. The number of nitrogens with zero attached hydrogens (tertiary/aromatic N) is 1. The first-order valence-electron chi connectivity index (χ1n) is 6.63. The Morgan fingerprint density at radius 1 is 1.26 bits per heavy atom. The van der Waals surface area contributed by atoms with Crippen LogP contribution >= 0.6 is 0 Å². The Kier molecular flexibility index (Phi) is 4.48. The third-order valence-corrected chi connectivity index (χ3v) is 3.25. The lowest BCUT2D eigenvalue weighted by Gasteiger charge is -2.42. The Morgan fingerprint density at radius 2 is 1.84 bits per heavy atom. The van der Waals surface area contributed by atoms with Gasteiger partial charge < -0.3 is 9.47 Å². The van der Waals surface area contributed by atoms with Crippen molar-refractivity contribution < 1.29 is 19.1 Å². The highest BCUT2D eigenvalue weighted by molar-refractivity contribution is 5.81. The van der Waals surface area contributed by atoms with Crippen molar-refractivity contribution in [1.29, 1.82) is 0 Å². The summed E-state index contributed by atoms with van der Waals surface area (Å²) in [6.07, 6.45) is 0.997. The van der Waals surface area contributed by atoms with Crippen LogP contribution < -0.4 is 0 Å². The maximum atomic E-state index is 12.2. The fraction of sp³-hybridized carbons (Fsp3) is 0.857. The standard InChI is InChI=1S/C14H25NO4/c1-13(2,3)19-12(17)15-8-7-14(4,5)9-10(15)11(16)18-6/h10H,7-9H2,1-6H3/t10-/m0/s1. The number of rotatable bonds is 1. The molecule has 1 rings (SSSR count). The van der Waals surface area contributed by atoms with Gasteiger partial charge in [-0.1, -0.05) is 13.8 Å². The summed E-state index contributed by atoms with van der Waals surface area (Å²) >= 11 is 0. The van der Waals surface area contributed by atoms with Gasteiger partial charge in [0.05, 0.1) is 7.11 Å². The van der Waals surface area contributed by atoms with E-state index in [1.807, 2.05) is 20.8 Å². The molecule has 110 valence electrons. The summed E-state index contributed by atoms with van der Waals surface area (Å²) in [5.41, 5.74) is -0.540. The van der Waals surface area contributed by atoms with Crippen LogP contribution in [0.1, 0.15) is 47.5 Å². The van der Waals surface area contributed by atoms with Gasteiger partial charge in [-0.15, -0.1) is 0 Å². The van der Waals surface area contributed by atoms with Gasteiger partial charge in [0, 0.05) is 6.54 Å². The molecule has 1 atom stereocenters. The van der Waals surface area contributed by atoms with Gasteiger partial charge in [0.25, 0.3) is 0 Å². The second kappa shape index (κ2) is 5.39. The van der Waals surface area contributed by atoms with Crippen molar-refractivity contribution in [3.63, 3.8) is 0 Å². The molecule has 5 heteroatoms. The Hall–Kier alpha value is -1.26. The molecular formula is C14H25NO4. The average molecular weight is 271 g/mol. The zero-order chi connectivity index (χ0) is 14.8. The largest absolute Gasteiger partial charge is 0.467 e. The van der Waals surface area contributed by atoms with Crippen LogP contribution in [0.4, 0.5) is 4.79 Å². The Labute approximate surface area is 115 Å². The quantitative estimate of drug-likeness (QED) is 0.688. The molecule has 1 fully saturated rings. The number of carbonyl (C=O) groups excluding carboxylic acids is 2. The second-order valence-corrected chi connectivity index (χ2v) is 6.83. The third kappa shape index (κ3) is 4.40. The van der Waals surface area contributed by atoms with E-state index >= 15 is 0 Å². The molecule has 19 heavy (non-hydrogen) atoms. The van der Waals surface area contributed by atoms with Crippen molar-refractivity contribution >= 4 is 12.1 Å². The molecule has 1 aliphatic heterocycles. The molecule has 0 saturated carbocycles. The Balaban J connectivity index is 2.85. The minimum atomic E-state index is -0.565. The molecular weight excluding hydrogens is 246 g/mol. The number of methoxy groups -OCH3 is 1. The smallest absolute Gasteiger partial charge is 0.411 e. The van der Waals surface area contributed by atoms with Crippen LogP contribution in [0, 0.1) is 5.41 Å². The summed E-state index contributed by atoms with van der Waals surface area (Å²) in [6, 6.07) is -0.552. The summed E-state index contributed by atoms with van der Waals surface area (Å²) in [5.74, 6) is -0.376. The fourth-order valence-corrected chi connectivity index (χ4v) is 2.20. The van der Waals surface area contributed by atoms with Crippen LogP contribution in [0.15, 0.2) is 0 Å². The number of likely N-dealkylation sites (tertiary alicyclic amines) is 1. The van der Waals surface area contributed by atoms with E-state index in [4.69, 9.17) is 9.47 Å². The lowest BCUT2D eigenvalue weighted by molar-refractivity contribution is -0.150. The van der Waals surface area contributed by atoms with Crippen molar-refractivity contribution in [1.82, 2.24) is 4.90 Å². The van der Waals surface area contributed by atoms with Gasteiger partial charge in [-0.25, -0.2) is 9.59 Å². The van der Waals surface area contributed by atoms with E-state index in [9.17, 15) is 9.59 Å². The highest BCUT2D eigenvalue weighted by atomic mass is 16.6. The fourth-order valence-electron chi connectivity index (χ4n) is 2.20. The van der Waals surface area contributed by atoms with Crippen LogP contribution in [0.25, 0.3) is 0 Å². The van der Waals surface area contributed by atoms with Gasteiger partial charge in [-0.3, -0.25) is 4.90 Å². The van der Waals surface area contributed by atoms with E-state index in [0.29, 0.717) is 13.0 Å². The highest BCUT2D eigenvalue weighted by Crippen LogP contribution is 2.34. The number of esters is 1. The molecule has 1 aliphatic rings. The summed E-state index contributed by atoms with van der Waals surface area (Å²) in [6.45, 7) is 10.1. The number of hydrogen-bond donors (Lipinski definition) is 0. The summed E-state index contributed by atoms with van der Waals surface area (Å²) in [5, 5.41) is 0. The highest BCUT2D eigenvalue weighted by Gasteiger charge is 2.41. The third-order valence-electron chi connectivity index (χ3n) is 3.25. The van der Waals surface area contributed by atoms with Gasteiger partial charge in [0.1, 0.15) is 11.6 Å². The molecule has 5 nitrogen and oxygen atoms in total. The van der Waals surface area contributed by atoms with E-state index in [1.54, 1.807) is 0 Å². The minimum Gasteiger partial charge on any atom is -0.467 e. The van der Waals surface area contributed by atoms with Gasteiger partial charge in [0.2, 0.25) is 0 Å². The lowest BCUT2D eigenvalue weighted by atomic mass is 9.79. The number of amides is 1. The summed E-state index contributed by atoms with van der Waals surface area (Å²) in [4.78, 5) is 25.5. The first-order chi connectivity index (χ1) is 8.56. The first kappa shape index (κ1) is 15.8. The van der Waals surface area contributed by atoms with Gasteiger partial charge in [-0.05, 0) is 39.0 Å². The number of piperidine rings is 1. The zero-order valence-corrected chi connectivity index (χ0v) is 12.8. The van der Waals surface area contributed by atoms with Crippen LogP contribution in [-0.4, -0.2) is 42.3 Å². The van der Waals surface area contributed by atoms with E-state index < -0.39 is 17.7 Å². The molecule has 0 radical (unpaired) electrons. The number of carbonyl (C=O) groups is 2. The molecule has 0 aliphatic carbocycles. The Morgan fingerprint density at radius 3 is 2.32 bits per heavy atom. The van der Waals surface area contributed by atoms with Crippen molar-refractivity contribution in [3.8, 4) is 0 Å². The van der Waals surface area contributed by atoms with Crippen LogP contribution in [0.2, 0.25) is 0 Å². The van der Waals surface area contributed by atoms with Gasteiger partial charge in [0.15, 0.2) is 0 Å². The first-order valence-corrected chi connectivity index (χ1v) is 6.63. The monoisotopic (exact) mass is 271 g/mol. The number of hydrogen-bond acceptors (Lipinski definition) is 4. The zero-order valence-electron chi connectivity index (χ0n) is 12.8. The molecule has 1 amide bonds. The molecule has 0 unspecified atom stereocenters. The van der Waals surface area contributed by atoms with Crippen LogP contribution in [0.5, 0.6) is 0 Å². The summed E-state index contributed by atoms with van der Waals surface area (Å²) in [7, 11) is 1.34. The van der Waals surface area contributed by atoms with E-state index in [2.05, 4.69) is 13.8 Å². The van der Waals surface area contributed by atoms with Crippen molar-refractivity contribution in [2.45, 2.75) is 59.1 Å². The normalized spacial score (nSPS) is 22.8. The van der Waals surface area contributed by atoms with E-state index in [-0.39, 0.29) is 11.4 Å². The molecule has 0 aromatic heterocycles. The second-order valence-electron chi connectivity index (χ2n) is 6.83. The van der Waals surface area contributed by atoms with Gasteiger partial charge >= 0.3 is 12.1 Å².